The average molecular weight is 396 g/mol. The van der Waals surface area contributed by atoms with Crippen molar-refractivity contribution in [2.45, 2.75) is 13.0 Å². The molecule has 0 saturated heterocycles. The first-order valence-corrected chi connectivity index (χ1v) is 9.84. The van der Waals surface area contributed by atoms with E-state index in [9.17, 15) is 4.79 Å². The molecule has 0 saturated carbocycles. The second kappa shape index (κ2) is 7.51. The molecule has 4 aromatic rings. The first kappa shape index (κ1) is 18.2. The number of benzene rings is 1. The molecule has 7 heteroatoms. The summed E-state index contributed by atoms with van der Waals surface area (Å²) in [6.45, 7) is 1.20. The van der Waals surface area contributed by atoms with E-state index in [4.69, 9.17) is 4.98 Å². The van der Waals surface area contributed by atoms with E-state index in [2.05, 4.69) is 43.4 Å². The summed E-state index contributed by atoms with van der Waals surface area (Å²) in [5.41, 5.74) is 4.17. The van der Waals surface area contributed by atoms with E-state index in [-0.39, 0.29) is 5.91 Å². The molecule has 0 bridgehead atoms. The first-order chi connectivity index (χ1) is 14.7. The number of carbonyl (C=O) groups is 1. The minimum absolute atomic E-state index is 0.162. The zero-order valence-electron chi connectivity index (χ0n) is 16.5. The quantitative estimate of drug-likeness (QED) is 0.571. The number of rotatable bonds is 4. The number of hydrogen-bond donors (Lipinski definition) is 1. The maximum atomic E-state index is 12.5. The fourth-order valence-corrected chi connectivity index (χ4v) is 3.84. The summed E-state index contributed by atoms with van der Waals surface area (Å²) < 4.78 is 0. The maximum absolute atomic E-state index is 12.5. The minimum atomic E-state index is -0.162. The second-order valence-electron chi connectivity index (χ2n) is 7.29. The van der Waals surface area contributed by atoms with E-state index in [1.54, 1.807) is 12.4 Å². The monoisotopic (exact) mass is 396 g/mol. The molecule has 7 nitrogen and oxygen atoms in total. The van der Waals surface area contributed by atoms with E-state index in [1.807, 2.05) is 37.5 Å². The third-order valence-corrected chi connectivity index (χ3v) is 5.27. The van der Waals surface area contributed by atoms with Gasteiger partial charge in [0.05, 0.1) is 5.52 Å². The maximum Gasteiger partial charge on any atom is 0.270 e. The van der Waals surface area contributed by atoms with Crippen LogP contribution in [0.5, 0.6) is 0 Å². The van der Waals surface area contributed by atoms with Crippen molar-refractivity contribution in [2.75, 3.05) is 18.5 Å². The predicted octanol–water partition coefficient (Wildman–Crippen LogP) is 3.01. The molecule has 1 amide bonds. The Morgan fingerprint density at radius 3 is 2.80 bits per heavy atom. The van der Waals surface area contributed by atoms with Gasteiger partial charge in [-0.3, -0.25) is 14.8 Å². The third kappa shape index (κ3) is 3.24. The number of amides is 1. The number of carbonyl (C=O) groups excluding carboxylic acids is 1. The Labute approximate surface area is 173 Å². The Kier molecular flexibility index (Phi) is 4.55. The Morgan fingerprint density at radius 1 is 1.07 bits per heavy atom. The van der Waals surface area contributed by atoms with Crippen LogP contribution in [0.25, 0.3) is 22.3 Å². The number of aromatic nitrogens is 4. The van der Waals surface area contributed by atoms with Crippen LogP contribution in [0.15, 0.2) is 61.1 Å². The summed E-state index contributed by atoms with van der Waals surface area (Å²) in [5, 5.41) is 3.98. The van der Waals surface area contributed by atoms with Gasteiger partial charge in [-0.05, 0) is 30.2 Å². The molecule has 4 heterocycles. The van der Waals surface area contributed by atoms with Gasteiger partial charge < -0.3 is 10.2 Å². The number of hydrogen-bond acceptors (Lipinski definition) is 6. The predicted molar refractivity (Wildman–Crippen MR) is 115 cm³/mol. The highest BCUT2D eigenvalue weighted by Gasteiger charge is 2.26. The molecule has 0 radical (unpaired) electrons. The summed E-state index contributed by atoms with van der Waals surface area (Å²) in [5.74, 6) is 1.10. The van der Waals surface area contributed by atoms with Gasteiger partial charge in [-0.2, -0.15) is 0 Å². The highest BCUT2D eigenvalue weighted by Crippen LogP contribution is 2.28. The normalized spacial score (nSPS) is 13.0. The molecule has 0 spiro atoms. The smallest absolute Gasteiger partial charge is 0.270 e. The Morgan fingerprint density at radius 2 is 1.93 bits per heavy atom. The van der Waals surface area contributed by atoms with Gasteiger partial charge in [0.2, 0.25) is 0 Å². The number of fused-ring (bicyclic) bond motifs is 2. The third-order valence-electron chi connectivity index (χ3n) is 5.27. The van der Waals surface area contributed by atoms with Crippen molar-refractivity contribution >= 4 is 22.6 Å². The minimum Gasteiger partial charge on any atom is -0.355 e. The standard InChI is InChI=1S/C23H20N6O/c1-29(14-17-6-2-5-15-7-4-11-25-19(15)17)22-18-9-12-26-23(30)20(18)27-21(28-22)16-8-3-10-24-13-16/h2-8,10-11,13H,9,12,14H2,1H3,(H,26,30). The lowest BCUT2D eigenvalue weighted by atomic mass is 10.0. The molecule has 0 fully saturated rings. The lowest BCUT2D eigenvalue weighted by molar-refractivity contribution is 0.0940. The van der Waals surface area contributed by atoms with Gasteiger partial charge in [0.25, 0.3) is 5.91 Å². The van der Waals surface area contributed by atoms with Crippen LogP contribution in [0.2, 0.25) is 0 Å². The summed E-state index contributed by atoms with van der Waals surface area (Å²) in [4.78, 5) is 32.7. The van der Waals surface area contributed by atoms with Crippen LogP contribution in [0.3, 0.4) is 0 Å². The van der Waals surface area contributed by atoms with E-state index >= 15 is 0 Å². The van der Waals surface area contributed by atoms with E-state index in [0.29, 0.717) is 31.0 Å². The molecular weight excluding hydrogens is 376 g/mol. The van der Waals surface area contributed by atoms with Gasteiger partial charge in [-0.1, -0.05) is 24.3 Å². The molecule has 5 rings (SSSR count). The lowest BCUT2D eigenvalue weighted by Gasteiger charge is -2.26. The van der Waals surface area contributed by atoms with Gasteiger partial charge in [0.15, 0.2) is 5.82 Å². The van der Waals surface area contributed by atoms with Crippen LogP contribution in [-0.4, -0.2) is 39.4 Å². The Hall–Kier alpha value is -3.87. The van der Waals surface area contributed by atoms with Gasteiger partial charge in [-0.25, -0.2) is 9.97 Å². The molecular formula is C23H20N6O. The summed E-state index contributed by atoms with van der Waals surface area (Å²) in [6.07, 6.45) is 5.92. The number of pyridine rings is 2. The van der Waals surface area contributed by atoms with E-state index in [1.165, 1.54) is 0 Å². The number of nitrogens with one attached hydrogen (secondary N) is 1. The van der Waals surface area contributed by atoms with Gasteiger partial charge in [0, 0.05) is 55.2 Å². The van der Waals surface area contributed by atoms with Crippen LogP contribution in [0, 0.1) is 0 Å². The SMILES string of the molecule is CN(Cc1cccc2cccnc12)c1nc(-c2cccnc2)nc2c1CCNC2=O. The molecule has 1 aliphatic heterocycles. The first-order valence-electron chi connectivity index (χ1n) is 9.84. The van der Waals surface area contributed by atoms with Crippen LogP contribution in [0.1, 0.15) is 21.6 Å². The van der Waals surface area contributed by atoms with Gasteiger partial charge in [0.1, 0.15) is 11.5 Å². The molecule has 0 atom stereocenters. The van der Waals surface area contributed by atoms with Crippen molar-refractivity contribution in [3.8, 4) is 11.4 Å². The largest absolute Gasteiger partial charge is 0.355 e. The Bertz CT molecular complexity index is 1240. The summed E-state index contributed by atoms with van der Waals surface area (Å²) in [7, 11) is 1.99. The van der Waals surface area contributed by atoms with Crippen molar-refractivity contribution in [1.29, 1.82) is 0 Å². The van der Waals surface area contributed by atoms with Crippen LogP contribution in [-0.2, 0) is 13.0 Å². The highest BCUT2D eigenvalue weighted by atomic mass is 16.1. The molecule has 1 aromatic carbocycles. The summed E-state index contributed by atoms with van der Waals surface area (Å²) >= 11 is 0. The molecule has 3 aromatic heterocycles. The van der Waals surface area contributed by atoms with Crippen molar-refractivity contribution in [1.82, 2.24) is 25.3 Å². The van der Waals surface area contributed by atoms with Crippen LogP contribution in [0.4, 0.5) is 5.82 Å². The highest BCUT2D eigenvalue weighted by molar-refractivity contribution is 5.96. The van der Waals surface area contributed by atoms with Crippen molar-refractivity contribution < 1.29 is 4.79 Å². The second-order valence-corrected chi connectivity index (χ2v) is 7.29. The molecule has 0 unspecified atom stereocenters. The van der Waals surface area contributed by atoms with Crippen molar-refractivity contribution in [3.63, 3.8) is 0 Å². The molecule has 148 valence electrons. The van der Waals surface area contributed by atoms with E-state index in [0.717, 1.165) is 33.4 Å². The fourth-order valence-electron chi connectivity index (χ4n) is 3.84. The van der Waals surface area contributed by atoms with Crippen LogP contribution >= 0.6 is 0 Å². The number of anilines is 1. The van der Waals surface area contributed by atoms with Crippen molar-refractivity contribution in [3.05, 3.63) is 77.9 Å². The lowest BCUT2D eigenvalue weighted by Crippen LogP contribution is -2.35. The zero-order chi connectivity index (χ0) is 20.5. The Balaban J connectivity index is 1.60. The molecule has 1 N–H and O–H groups in total. The molecule has 1 aliphatic rings. The van der Waals surface area contributed by atoms with E-state index < -0.39 is 0 Å². The van der Waals surface area contributed by atoms with Crippen LogP contribution < -0.4 is 10.2 Å². The average Bonchev–Trinajstić information content (AvgIpc) is 2.79. The van der Waals surface area contributed by atoms with Crippen molar-refractivity contribution in [2.24, 2.45) is 0 Å². The number of nitrogens with zero attached hydrogens (tertiary/aromatic N) is 5. The number of para-hydroxylation sites is 1. The van der Waals surface area contributed by atoms with Gasteiger partial charge in [-0.15, -0.1) is 0 Å². The summed E-state index contributed by atoms with van der Waals surface area (Å²) in [6, 6.07) is 13.9. The fraction of sp³-hybridized carbons (Fsp3) is 0.174. The zero-order valence-corrected chi connectivity index (χ0v) is 16.5. The molecule has 30 heavy (non-hydrogen) atoms. The van der Waals surface area contributed by atoms with Gasteiger partial charge >= 0.3 is 0 Å². The topological polar surface area (TPSA) is 83.9 Å². The molecule has 0 aliphatic carbocycles.